The topological polar surface area (TPSA) is 126 Å². The number of hydrogen-bond donors (Lipinski definition) is 2. The minimum atomic E-state index is -4.44. The van der Waals surface area contributed by atoms with E-state index in [4.69, 9.17) is 33.2 Å². The Morgan fingerprint density at radius 1 is 0.489 bits per heavy atom. The monoisotopic (exact) mass is 1310 g/mol. The summed E-state index contributed by atoms with van der Waals surface area (Å²) in [6.45, 7) is 23.4. The number of nitrogens with zero attached hydrogens (tertiary/aromatic N) is 1. The van der Waals surface area contributed by atoms with Crippen molar-refractivity contribution in [2.45, 2.75) is 132 Å². The van der Waals surface area contributed by atoms with Crippen LogP contribution < -0.4 is 39.2 Å². The van der Waals surface area contributed by atoms with Gasteiger partial charge in [-0.05, 0) is 218 Å². The average molecular weight is 1310 g/mol. The molecule has 0 radical (unpaired) electrons. The Kier molecular flexibility index (Phi) is 24.3. The molecule has 0 aliphatic carbocycles. The van der Waals surface area contributed by atoms with Gasteiger partial charge in [0.05, 0.1) is 36.6 Å². The molecule has 10 rings (SSSR count). The smallest absolute Gasteiger partial charge is 0.416 e. The van der Waals surface area contributed by atoms with Crippen molar-refractivity contribution < 1.29 is 69.1 Å². The van der Waals surface area contributed by atoms with Gasteiger partial charge in [-0.3, -0.25) is 10.2 Å². The van der Waals surface area contributed by atoms with E-state index in [2.05, 4.69) is 10.6 Å². The molecule has 2 unspecified atom stereocenters. The summed E-state index contributed by atoms with van der Waals surface area (Å²) in [5.41, 5.74) is 8.13. The Bertz CT molecular complexity index is 3760. The van der Waals surface area contributed by atoms with Gasteiger partial charge in [-0.25, -0.2) is 9.59 Å². The lowest BCUT2D eigenvalue weighted by Gasteiger charge is -2.30. The Labute approximate surface area is 541 Å². The molecule has 490 valence electrons. The van der Waals surface area contributed by atoms with Crippen LogP contribution in [-0.2, 0) is 48.1 Å². The molecule has 3 heterocycles. The van der Waals surface area contributed by atoms with Crippen LogP contribution >= 0.6 is 19.8 Å². The molecule has 3 aliphatic rings. The zero-order chi connectivity index (χ0) is 65.2. The minimum absolute atomic E-state index is 0. The van der Waals surface area contributed by atoms with Crippen LogP contribution in [0.4, 0.5) is 53.0 Å². The van der Waals surface area contributed by atoms with E-state index in [1.165, 1.54) is 29.2 Å². The van der Waals surface area contributed by atoms with Gasteiger partial charge in [-0.1, -0.05) is 66.8 Å². The lowest BCUT2D eigenvalue weighted by molar-refractivity contribution is -0.138. The number of rotatable bonds is 15. The Hall–Kier alpha value is -8.46. The van der Waals surface area contributed by atoms with Crippen LogP contribution in [0.25, 0.3) is 18.2 Å². The molecular formula is C72H81F6N3O9P2. The SMILES string of the molecule is CCOc1ccc(COC(=O)N(Cc2ccc(C(F)(F)F)cc2)c2cc3c(cc2C)OC(C)(C)C=C3)cc1.CCOc1ccc(COC(=O)Nc2cc3c(cc2C)OC(C)(C)C=C3)cc1.Cc1cc2c(cc1NCc1ccc(C(F)(F)F)cc1)C=CC(C)(C)O2.P.P. The van der Waals surface area contributed by atoms with E-state index in [0.717, 1.165) is 103 Å². The first-order chi connectivity index (χ1) is 42.4. The molecule has 0 aromatic heterocycles. The summed E-state index contributed by atoms with van der Waals surface area (Å²) in [4.78, 5) is 27.0. The van der Waals surface area contributed by atoms with E-state index in [9.17, 15) is 35.9 Å². The Morgan fingerprint density at radius 3 is 1.30 bits per heavy atom. The molecule has 0 spiro atoms. The number of halogens is 6. The molecule has 7 aromatic carbocycles. The van der Waals surface area contributed by atoms with Crippen molar-refractivity contribution in [2.24, 2.45) is 0 Å². The van der Waals surface area contributed by atoms with E-state index < -0.39 is 41.3 Å². The first-order valence-corrected chi connectivity index (χ1v) is 29.4. The van der Waals surface area contributed by atoms with Crippen molar-refractivity contribution in [1.29, 1.82) is 0 Å². The third-order valence-corrected chi connectivity index (χ3v) is 14.5. The van der Waals surface area contributed by atoms with Gasteiger partial charge in [0.1, 0.15) is 58.8 Å². The number of fused-ring (bicyclic) bond motifs is 3. The van der Waals surface area contributed by atoms with Crippen molar-refractivity contribution in [1.82, 2.24) is 0 Å². The maximum absolute atomic E-state index is 13.4. The minimum Gasteiger partial charge on any atom is -0.494 e. The van der Waals surface area contributed by atoms with Crippen LogP contribution in [0.15, 0.2) is 152 Å². The van der Waals surface area contributed by atoms with Crippen molar-refractivity contribution in [3.05, 3.63) is 218 Å². The van der Waals surface area contributed by atoms with Crippen molar-refractivity contribution in [2.75, 3.05) is 28.7 Å². The number of hydrogen-bond acceptors (Lipinski definition) is 10. The molecule has 12 nitrogen and oxygen atoms in total. The fraction of sp³-hybridized carbons (Fsp3) is 0.306. The van der Waals surface area contributed by atoms with Gasteiger partial charge >= 0.3 is 24.5 Å². The number of anilines is 3. The molecule has 2 amide bonds. The summed E-state index contributed by atoms with van der Waals surface area (Å²) < 4.78 is 117. The van der Waals surface area contributed by atoms with Crippen LogP contribution in [0.2, 0.25) is 0 Å². The number of alkyl halides is 6. The molecule has 92 heavy (non-hydrogen) atoms. The third-order valence-electron chi connectivity index (χ3n) is 14.5. The summed E-state index contributed by atoms with van der Waals surface area (Å²) in [6, 6.07) is 36.2. The highest BCUT2D eigenvalue weighted by atomic mass is 31.0. The molecule has 7 aromatic rings. The van der Waals surface area contributed by atoms with E-state index in [0.29, 0.717) is 42.4 Å². The largest absolute Gasteiger partial charge is 0.494 e. The van der Waals surface area contributed by atoms with E-state index in [-0.39, 0.29) is 50.8 Å². The molecule has 3 aliphatic heterocycles. The third kappa shape index (κ3) is 20.3. The number of amides is 2. The van der Waals surface area contributed by atoms with Crippen LogP contribution in [0.3, 0.4) is 0 Å². The standard InChI is InChI=1S/C30H30F3NO4.C22H25NO4.C20H20F3NO.2H3P/c1-5-36-25-12-8-22(9-13-25)19-37-28(35)34(18-21-6-10-24(11-7-21)30(31,32)33)26-17-23-14-15-29(3,4)38-27(23)16-20(26)2;1-5-25-18-8-6-16(7-9-18)14-26-21(24)23-19-13-17-10-11-22(3,4)27-20(17)12-15(19)2;1-13-10-18-15(8-9-19(2,3)25-18)11-17(13)24-12-14-4-6-16(7-5-14)20(21,22)23;;/h6-17H,5,18-19H2,1-4H3;6-13H,5,14H2,1-4H3,(H,23,24);4-11,24H,12H2,1-3H3;2*1H3. The molecule has 0 fully saturated rings. The maximum atomic E-state index is 13.4. The molecule has 0 bridgehead atoms. The molecule has 2 N–H and O–H groups in total. The maximum Gasteiger partial charge on any atom is 0.416 e. The molecule has 2 atom stereocenters. The zero-order valence-electron chi connectivity index (χ0n) is 53.7. The number of aryl methyl sites for hydroxylation is 3. The number of carbonyl (C=O) groups excluding carboxylic acids is 2. The van der Waals surface area contributed by atoms with Gasteiger partial charge in [0.25, 0.3) is 0 Å². The number of nitrogens with one attached hydrogen (secondary N) is 2. The second kappa shape index (κ2) is 30.8. The first-order valence-electron chi connectivity index (χ1n) is 29.4. The summed E-state index contributed by atoms with van der Waals surface area (Å²) in [5, 5.41) is 6.10. The number of carbonyl (C=O) groups is 2. The van der Waals surface area contributed by atoms with Gasteiger partial charge < -0.3 is 38.5 Å². The molecular weight excluding hydrogens is 1230 g/mol. The molecule has 0 saturated carbocycles. The fourth-order valence-electron chi connectivity index (χ4n) is 9.63. The van der Waals surface area contributed by atoms with E-state index in [1.54, 1.807) is 12.1 Å². The van der Waals surface area contributed by atoms with Gasteiger partial charge in [-0.2, -0.15) is 46.1 Å². The lowest BCUT2D eigenvalue weighted by atomic mass is 9.99. The predicted octanol–water partition coefficient (Wildman–Crippen LogP) is 19.2. The molecule has 20 heteroatoms. The highest BCUT2D eigenvalue weighted by molar-refractivity contribution is 6.92. The van der Waals surface area contributed by atoms with Gasteiger partial charge in [-0.15, -0.1) is 0 Å². The van der Waals surface area contributed by atoms with Crippen molar-refractivity contribution >= 4 is 67.3 Å². The van der Waals surface area contributed by atoms with Gasteiger partial charge in [0.15, 0.2) is 0 Å². The van der Waals surface area contributed by atoms with Crippen LogP contribution in [0.5, 0.6) is 28.7 Å². The highest BCUT2D eigenvalue weighted by Crippen LogP contribution is 2.40. The fourth-order valence-corrected chi connectivity index (χ4v) is 9.63. The second-order valence-corrected chi connectivity index (χ2v) is 23.4. The Morgan fingerprint density at radius 2 is 0.870 bits per heavy atom. The summed E-state index contributed by atoms with van der Waals surface area (Å²) in [6.07, 6.45) is 2.04. The van der Waals surface area contributed by atoms with Gasteiger partial charge in [0.2, 0.25) is 0 Å². The highest BCUT2D eigenvalue weighted by Gasteiger charge is 2.32. The van der Waals surface area contributed by atoms with E-state index >= 15 is 0 Å². The van der Waals surface area contributed by atoms with Crippen molar-refractivity contribution in [3.63, 3.8) is 0 Å². The summed E-state index contributed by atoms with van der Waals surface area (Å²) in [5.74, 6) is 3.86. The summed E-state index contributed by atoms with van der Waals surface area (Å²) >= 11 is 0. The molecule has 0 saturated heterocycles. The second-order valence-electron chi connectivity index (χ2n) is 23.4. The normalized spacial score (nSPS) is 14.1. The average Bonchev–Trinajstić information content (AvgIpc) is 1.18. The number of benzene rings is 7. The van der Waals surface area contributed by atoms with Crippen molar-refractivity contribution in [3.8, 4) is 28.7 Å². The Balaban J connectivity index is 0.000000223. The lowest BCUT2D eigenvalue weighted by Crippen LogP contribution is -2.32. The zero-order valence-corrected chi connectivity index (χ0v) is 56.5. The first kappa shape index (κ1) is 72.6. The van der Waals surface area contributed by atoms with Crippen LogP contribution in [-0.4, -0.2) is 42.2 Å². The summed E-state index contributed by atoms with van der Waals surface area (Å²) in [7, 11) is 0. The quantitative estimate of drug-likeness (QED) is 0.0757. The van der Waals surface area contributed by atoms with Gasteiger partial charge in [0, 0.05) is 34.6 Å². The van der Waals surface area contributed by atoms with E-state index in [1.807, 2.05) is 185 Å². The predicted molar refractivity (Wildman–Crippen MR) is 363 cm³/mol. The van der Waals surface area contributed by atoms with Crippen LogP contribution in [0.1, 0.15) is 122 Å². The number of ether oxygens (including phenoxy) is 7. The van der Waals surface area contributed by atoms with Crippen LogP contribution in [0, 0.1) is 20.8 Å².